The quantitative estimate of drug-likeness (QED) is 0.909. The first-order valence-electron chi connectivity index (χ1n) is 5.33. The van der Waals surface area contributed by atoms with Crippen LogP contribution in [0.2, 0.25) is 0 Å². The third-order valence-corrected chi connectivity index (χ3v) is 3.49. The van der Waals surface area contributed by atoms with Crippen molar-refractivity contribution in [3.05, 3.63) is 59.4 Å². The number of hydrogen-bond acceptors (Lipinski definition) is 2. The van der Waals surface area contributed by atoms with Crippen LogP contribution in [0.15, 0.2) is 52.3 Å². The first-order valence-corrected chi connectivity index (χ1v) is 6.15. The number of rotatable bonds is 3. The number of hydrogen-bond donors (Lipinski definition) is 1. The number of aryl methyl sites for hydroxylation is 1. The average molecular weight is 262 g/mol. The Hall–Kier alpha value is -1.81. The van der Waals surface area contributed by atoms with Crippen molar-refractivity contribution in [2.24, 2.45) is 0 Å². The van der Waals surface area contributed by atoms with Gasteiger partial charge in [-0.3, -0.25) is 0 Å². The summed E-state index contributed by atoms with van der Waals surface area (Å²) in [6, 6.07) is 11.3. The van der Waals surface area contributed by atoms with Crippen LogP contribution in [0.5, 0.6) is 0 Å². The van der Waals surface area contributed by atoms with Crippen LogP contribution in [-0.4, -0.2) is 11.1 Å². The second-order valence-corrected chi connectivity index (χ2v) is 4.98. The fourth-order valence-electron chi connectivity index (χ4n) is 1.49. The van der Waals surface area contributed by atoms with Crippen LogP contribution in [-0.2, 0) is 0 Å². The van der Waals surface area contributed by atoms with E-state index in [4.69, 9.17) is 5.11 Å². The van der Waals surface area contributed by atoms with E-state index < -0.39 is 11.8 Å². The standard InChI is InChI=1S/C14H11FO2S/c1-9-2-5-11(6-3-9)18-13-8-10(15)4-7-12(13)14(16)17/h2-8H,1H3,(H,16,17). The maximum Gasteiger partial charge on any atom is 0.336 e. The molecule has 0 spiro atoms. The van der Waals surface area contributed by atoms with Crippen molar-refractivity contribution in [1.29, 1.82) is 0 Å². The maximum absolute atomic E-state index is 13.2. The molecule has 18 heavy (non-hydrogen) atoms. The molecule has 0 aliphatic heterocycles. The van der Waals surface area contributed by atoms with Crippen LogP contribution >= 0.6 is 11.8 Å². The Morgan fingerprint density at radius 1 is 1.17 bits per heavy atom. The van der Waals surface area contributed by atoms with Crippen LogP contribution in [0, 0.1) is 12.7 Å². The molecule has 0 bridgehead atoms. The van der Waals surface area contributed by atoms with Gasteiger partial charge in [0.05, 0.1) is 5.56 Å². The smallest absolute Gasteiger partial charge is 0.336 e. The van der Waals surface area contributed by atoms with Gasteiger partial charge in [-0.05, 0) is 37.3 Å². The summed E-state index contributed by atoms with van der Waals surface area (Å²) in [5, 5.41) is 9.04. The van der Waals surface area contributed by atoms with Gasteiger partial charge in [0.1, 0.15) is 5.82 Å². The van der Waals surface area contributed by atoms with Gasteiger partial charge in [-0.2, -0.15) is 0 Å². The molecule has 0 heterocycles. The van der Waals surface area contributed by atoms with E-state index >= 15 is 0 Å². The van der Waals surface area contributed by atoms with E-state index in [-0.39, 0.29) is 5.56 Å². The van der Waals surface area contributed by atoms with Gasteiger partial charge in [-0.1, -0.05) is 29.5 Å². The molecule has 1 N–H and O–H groups in total. The predicted octanol–water partition coefficient (Wildman–Crippen LogP) is 3.98. The highest BCUT2D eigenvalue weighted by Crippen LogP contribution is 2.31. The van der Waals surface area contributed by atoms with Gasteiger partial charge in [0.15, 0.2) is 0 Å². The second-order valence-electron chi connectivity index (χ2n) is 3.86. The Labute approximate surface area is 108 Å². The molecule has 0 aliphatic rings. The first-order chi connectivity index (χ1) is 8.56. The minimum absolute atomic E-state index is 0.113. The van der Waals surface area contributed by atoms with E-state index in [2.05, 4.69) is 0 Å². The summed E-state index contributed by atoms with van der Waals surface area (Å²) < 4.78 is 13.2. The van der Waals surface area contributed by atoms with Gasteiger partial charge in [0, 0.05) is 9.79 Å². The summed E-state index contributed by atoms with van der Waals surface area (Å²) in [6.07, 6.45) is 0. The molecule has 2 rings (SSSR count). The molecule has 0 aromatic heterocycles. The van der Waals surface area contributed by atoms with Crippen molar-refractivity contribution in [2.75, 3.05) is 0 Å². The topological polar surface area (TPSA) is 37.3 Å². The molecule has 0 radical (unpaired) electrons. The molecule has 0 unspecified atom stereocenters. The summed E-state index contributed by atoms with van der Waals surface area (Å²) in [6.45, 7) is 1.97. The zero-order chi connectivity index (χ0) is 13.1. The van der Waals surface area contributed by atoms with E-state index in [0.717, 1.165) is 16.5 Å². The number of aromatic carboxylic acids is 1. The maximum atomic E-state index is 13.2. The summed E-state index contributed by atoms with van der Waals surface area (Å²) >= 11 is 1.24. The van der Waals surface area contributed by atoms with E-state index in [0.29, 0.717) is 4.90 Å². The van der Waals surface area contributed by atoms with Crippen LogP contribution in [0.4, 0.5) is 4.39 Å². The predicted molar refractivity (Wildman–Crippen MR) is 68.7 cm³/mol. The lowest BCUT2D eigenvalue weighted by molar-refractivity contribution is 0.0693. The van der Waals surface area contributed by atoms with Crippen molar-refractivity contribution < 1.29 is 14.3 Å². The van der Waals surface area contributed by atoms with Gasteiger partial charge in [-0.25, -0.2) is 9.18 Å². The largest absolute Gasteiger partial charge is 0.478 e. The van der Waals surface area contributed by atoms with Crippen molar-refractivity contribution >= 4 is 17.7 Å². The van der Waals surface area contributed by atoms with Gasteiger partial charge < -0.3 is 5.11 Å². The lowest BCUT2D eigenvalue weighted by Gasteiger charge is -2.06. The normalized spacial score (nSPS) is 10.3. The zero-order valence-corrected chi connectivity index (χ0v) is 10.5. The minimum atomic E-state index is -1.05. The molecule has 0 saturated heterocycles. The second kappa shape index (κ2) is 5.23. The Kier molecular flexibility index (Phi) is 3.67. The summed E-state index contributed by atoms with van der Waals surface area (Å²) in [4.78, 5) is 12.3. The third kappa shape index (κ3) is 2.90. The fraction of sp³-hybridized carbons (Fsp3) is 0.0714. The third-order valence-electron chi connectivity index (χ3n) is 2.42. The molecule has 0 saturated carbocycles. The van der Waals surface area contributed by atoms with Crippen molar-refractivity contribution in [1.82, 2.24) is 0 Å². The van der Waals surface area contributed by atoms with E-state index in [1.54, 1.807) is 0 Å². The molecule has 0 fully saturated rings. The summed E-state index contributed by atoms with van der Waals surface area (Å²) in [5.74, 6) is -1.49. The van der Waals surface area contributed by atoms with Crippen LogP contribution in [0.25, 0.3) is 0 Å². The Morgan fingerprint density at radius 3 is 2.44 bits per heavy atom. The van der Waals surface area contributed by atoms with Crippen molar-refractivity contribution in [3.63, 3.8) is 0 Å². The summed E-state index contributed by atoms with van der Waals surface area (Å²) in [7, 11) is 0. The van der Waals surface area contributed by atoms with E-state index in [1.165, 1.54) is 23.9 Å². The molecule has 2 nitrogen and oxygen atoms in total. The molecule has 0 atom stereocenters. The number of halogens is 1. The lowest BCUT2D eigenvalue weighted by Crippen LogP contribution is -1.99. The SMILES string of the molecule is Cc1ccc(Sc2cc(F)ccc2C(=O)O)cc1. The van der Waals surface area contributed by atoms with Crippen LogP contribution < -0.4 is 0 Å². The van der Waals surface area contributed by atoms with Gasteiger partial charge >= 0.3 is 5.97 Å². The molecular weight excluding hydrogens is 251 g/mol. The highest BCUT2D eigenvalue weighted by Gasteiger charge is 2.12. The Bertz CT molecular complexity index is 579. The molecule has 0 amide bonds. The van der Waals surface area contributed by atoms with E-state index in [9.17, 15) is 9.18 Å². The first kappa shape index (κ1) is 12.6. The van der Waals surface area contributed by atoms with E-state index in [1.807, 2.05) is 31.2 Å². The minimum Gasteiger partial charge on any atom is -0.478 e. The van der Waals surface area contributed by atoms with Gasteiger partial charge in [0.25, 0.3) is 0 Å². The molecule has 92 valence electrons. The van der Waals surface area contributed by atoms with Crippen molar-refractivity contribution in [3.8, 4) is 0 Å². The van der Waals surface area contributed by atoms with Crippen LogP contribution in [0.3, 0.4) is 0 Å². The lowest BCUT2D eigenvalue weighted by atomic mass is 10.2. The van der Waals surface area contributed by atoms with Crippen LogP contribution in [0.1, 0.15) is 15.9 Å². The highest BCUT2D eigenvalue weighted by atomic mass is 32.2. The van der Waals surface area contributed by atoms with Crippen molar-refractivity contribution in [2.45, 2.75) is 16.7 Å². The monoisotopic (exact) mass is 262 g/mol. The fourth-order valence-corrected chi connectivity index (χ4v) is 2.45. The summed E-state index contributed by atoms with van der Waals surface area (Å²) in [5.41, 5.74) is 1.24. The molecule has 2 aromatic rings. The van der Waals surface area contributed by atoms with Gasteiger partial charge in [0.2, 0.25) is 0 Å². The zero-order valence-electron chi connectivity index (χ0n) is 9.68. The highest BCUT2D eigenvalue weighted by molar-refractivity contribution is 7.99. The average Bonchev–Trinajstić information content (AvgIpc) is 2.32. The van der Waals surface area contributed by atoms with Gasteiger partial charge in [-0.15, -0.1) is 0 Å². The number of benzene rings is 2. The number of carboxylic acid groups (broad SMARTS) is 1. The molecule has 2 aromatic carbocycles. The Morgan fingerprint density at radius 2 is 1.83 bits per heavy atom. The number of carboxylic acids is 1. The molecule has 4 heteroatoms. The number of carbonyl (C=O) groups is 1. The molecule has 0 aliphatic carbocycles. The Balaban J connectivity index is 2.35. The molecular formula is C14H11FO2S.